The molecule has 0 spiro atoms. The zero-order valence-corrected chi connectivity index (χ0v) is 29.8. The van der Waals surface area contributed by atoms with Gasteiger partial charge in [0.1, 0.15) is 17.9 Å². The number of nitrogens with one attached hydrogen (secondary N) is 3. The van der Waals surface area contributed by atoms with Gasteiger partial charge in [0, 0.05) is 13.5 Å². The highest BCUT2D eigenvalue weighted by atomic mass is 19.1. The molecule has 0 heterocycles. The van der Waals surface area contributed by atoms with Crippen LogP contribution in [-0.2, 0) is 36.8 Å². The summed E-state index contributed by atoms with van der Waals surface area (Å²) in [6.45, 7) is -0.449. The number of nitrogens with zero attached hydrogens (tertiary/aromatic N) is 1. The lowest BCUT2D eigenvalue weighted by Crippen LogP contribution is -2.57. The summed E-state index contributed by atoms with van der Waals surface area (Å²) in [5.74, 6) is -3.14. The van der Waals surface area contributed by atoms with Crippen molar-refractivity contribution in [3.05, 3.63) is 83.7 Å². The van der Waals surface area contributed by atoms with E-state index in [4.69, 9.17) is 17.2 Å². The Kier molecular flexibility index (Phi) is 17.0. The second kappa shape index (κ2) is 21.3. The van der Waals surface area contributed by atoms with E-state index in [0.29, 0.717) is 24.9 Å². The fourth-order valence-corrected chi connectivity index (χ4v) is 5.98. The summed E-state index contributed by atoms with van der Waals surface area (Å²) in [5, 5.41) is 19.4. The molecule has 0 aliphatic carbocycles. The van der Waals surface area contributed by atoms with Crippen LogP contribution in [0.25, 0.3) is 10.8 Å². The maximum absolute atomic E-state index is 13.7. The number of aryl methyl sites for hydroxylation is 1. The van der Waals surface area contributed by atoms with Crippen molar-refractivity contribution in [3.63, 3.8) is 0 Å². The number of aliphatic hydroxyl groups excluding tert-OH is 1. The van der Waals surface area contributed by atoms with Gasteiger partial charge < -0.3 is 43.2 Å². The molecular weight excluding hydrogens is 685 g/mol. The van der Waals surface area contributed by atoms with E-state index in [2.05, 4.69) is 16.0 Å². The van der Waals surface area contributed by atoms with E-state index in [1.54, 1.807) is 6.29 Å². The molecule has 0 saturated carbocycles. The number of likely N-dealkylation sites (N-methyl/N-ethyl adjacent to an activating group) is 1. The van der Waals surface area contributed by atoms with E-state index in [0.717, 1.165) is 16.3 Å². The van der Waals surface area contributed by atoms with E-state index in [-0.39, 0.29) is 38.5 Å². The van der Waals surface area contributed by atoms with Gasteiger partial charge in [-0.2, -0.15) is 0 Å². The van der Waals surface area contributed by atoms with Crippen molar-refractivity contribution >= 4 is 46.6 Å². The number of rotatable bonds is 22. The number of primary amides is 1. The van der Waals surface area contributed by atoms with Crippen LogP contribution in [-0.4, -0.2) is 96.2 Å². The Balaban J connectivity index is 1.76. The second-order valence-corrected chi connectivity index (χ2v) is 12.8. The third kappa shape index (κ3) is 13.0. The number of amides is 5. The fourth-order valence-electron chi connectivity index (χ4n) is 5.98. The molecule has 0 aliphatic rings. The summed E-state index contributed by atoms with van der Waals surface area (Å²) >= 11 is 0. The number of hydrogen-bond acceptors (Lipinski definition) is 9. The van der Waals surface area contributed by atoms with Gasteiger partial charge in [0.05, 0.1) is 24.7 Å². The number of hydrogen-bond donors (Lipinski definition) is 7. The van der Waals surface area contributed by atoms with Gasteiger partial charge >= 0.3 is 6.03 Å². The minimum atomic E-state index is -1.50. The van der Waals surface area contributed by atoms with Gasteiger partial charge in [-0.05, 0) is 85.5 Å². The highest BCUT2D eigenvalue weighted by Gasteiger charge is 2.34. The molecule has 0 fully saturated rings. The molecule has 53 heavy (non-hydrogen) atoms. The monoisotopic (exact) mass is 734 g/mol. The van der Waals surface area contributed by atoms with Crippen LogP contribution in [0.5, 0.6) is 0 Å². The van der Waals surface area contributed by atoms with E-state index < -0.39 is 72.2 Å². The quantitative estimate of drug-likeness (QED) is 0.0725. The molecule has 285 valence electrons. The molecule has 5 atom stereocenters. The Hall–Kier alpha value is -5.25. The third-order valence-corrected chi connectivity index (χ3v) is 9.00. The van der Waals surface area contributed by atoms with Crippen LogP contribution in [0, 0.1) is 5.82 Å². The van der Waals surface area contributed by atoms with Gasteiger partial charge in [-0.25, -0.2) is 9.18 Å². The molecule has 1 radical (unpaired) electrons. The Morgan fingerprint density at radius 1 is 0.868 bits per heavy atom. The van der Waals surface area contributed by atoms with Crippen molar-refractivity contribution in [1.29, 1.82) is 0 Å². The molecule has 14 nitrogen and oxygen atoms in total. The predicted molar refractivity (Wildman–Crippen MR) is 197 cm³/mol. The number of ketones is 1. The number of nitrogens with two attached hydrogens (primary N) is 3. The van der Waals surface area contributed by atoms with Gasteiger partial charge in [-0.15, -0.1) is 0 Å². The molecule has 10 N–H and O–H groups in total. The van der Waals surface area contributed by atoms with Crippen LogP contribution in [0.4, 0.5) is 9.18 Å². The summed E-state index contributed by atoms with van der Waals surface area (Å²) < 4.78 is 13.4. The Bertz CT molecular complexity index is 1700. The average Bonchev–Trinajstić information content (AvgIpc) is 3.15. The topological polar surface area (TPSA) is 240 Å². The summed E-state index contributed by atoms with van der Waals surface area (Å²) in [4.78, 5) is 78.6. The Labute approximate surface area is 308 Å². The molecule has 0 aliphatic heterocycles. The average molecular weight is 735 g/mol. The first-order valence-corrected chi connectivity index (χ1v) is 17.5. The lowest BCUT2D eigenvalue weighted by atomic mass is 9.96. The number of Topliss-reactive ketones (excluding diaryl/α,β-unsaturated/α-hetero) is 1. The van der Waals surface area contributed by atoms with E-state index >= 15 is 0 Å². The molecule has 3 aromatic rings. The van der Waals surface area contributed by atoms with Crippen molar-refractivity contribution in [1.82, 2.24) is 20.9 Å². The summed E-state index contributed by atoms with van der Waals surface area (Å²) in [5.41, 5.74) is 18.6. The number of aliphatic hydroxyl groups is 1. The number of carbonyl (C=O) groups excluding carboxylic acids is 6. The van der Waals surface area contributed by atoms with Crippen LogP contribution >= 0.6 is 0 Å². The van der Waals surface area contributed by atoms with Gasteiger partial charge in [0.2, 0.25) is 24.0 Å². The summed E-state index contributed by atoms with van der Waals surface area (Å²) in [6, 6.07) is 11.5. The first kappa shape index (κ1) is 42.2. The van der Waals surface area contributed by atoms with Crippen LogP contribution in [0.15, 0.2) is 66.7 Å². The van der Waals surface area contributed by atoms with Crippen LogP contribution in [0.3, 0.4) is 0 Å². The van der Waals surface area contributed by atoms with Gasteiger partial charge in [0.15, 0.2) is 5.78 Å². The maximum atomic E-state index is 13.7. The number of unbranched alkanes of at least 4 members (excludes halogenated alkanes) is 1. The maximum Gasteiger partial charge on any atom is 0.312 e. The second-order valence-electron chi connectivity index (χ2n) is 12.8. The van der Waals surface area contributed by atoms with Crippen LogP contribution < -0.4 is 33.2 Å². The highest BCUT2D eigenvalue weighted by molar-refractivity contribution is 5.96. The zero-order chi connectivity index (χ0) is 38.9. The molecule has 0 bridgehead atoms. The van der Waals surface area contributed by atoms with Crippen molar-refractivity contribution in [2.24, 2.45) is 17.2 Å². The third-order valence-electron chi connectivity index (χ3n) is 9.00. The molecule has 1 unspecified atom stereocenters. The van der Waals surface area contributed by atoms with Crippen LogP contribution in [0.1, 0.15) is 49.7 Å². The summed E-state index contributed by atoms with van der Waals surface area (Å²) in [7, 11) is 1.39. The Morgan fingerprint density at radius 3 is 2.23 bits per heavy atom. The standard InChI is InChI=1S/C38H49FN7O7/c1-46(34(49)19-14-24-12-15-27(39)16-13-24)33(37(52)43-28(22-47)10-4-5-20-40)18-17-31(45-38(42)53)35(50)32(23-48)44-36(51)30(41)21-26-9-6-8-25-7-2-3-11-29(25)26/h2-3,6-9,11-13,15-16,28,30-33,48H,4-5,10,14,17-21,23,40-41H2,1H3,(H,43,52)(H,44,51)(H3,42,45,53)/t28-,30+,31?,32+,33+/m1/s1. The largest absolute Gasteiger partial charge is 0.394 e. The molecule has 3 aromatic carbocycles. The predicted octanol–water partition coefficient (Wildman–Crippen LogP) is 0.895. The SMILES string of the molecule is CN(C(=O)CCc1ccc(F)cc1)[C@@H](CCC(NC(N)=O)C(=O)[C@H](CO)NC(=O)[C@@H](N)Cc1cccc2ccccc12)C(=O)N[C@@H]([C]=O)CCCCN. The van der Waals surface area contributed by atoms with Crippen molar-refractivity contribution in [3.8, 4) is 0 Å². The minimum Gasteiger partial charge on any atom is -0.394 e. The number of benzene rings is 3. The number of urea groups is 1. The summed E-state index contributed by atoms with van der Waals surface area (Å²) in [6.07, 6.45) is 3.05. The first-order chi connectivity index (χ1) is 25.4. The molecule has 3 rings (SSSR count). The normalized spacial score (nSPS) is 13.9. The molecular formula is C38H49FN7O7. The number of carbonyl (C=O) groups is 5. The zero-order valence-electron chi connectivity index (χ0n) is 29.8. The highest BCUT2D eigenvalue weighted by Crippen LogP contribution is 2.20. The van der Waals surface area contributed by atoms with E-state index in [1.165, 1.54) is 36.2 Å². The smallest absolute Gasteiger partial charge is 0.312 e. The van der Waals surface area contributed by atoms with Crippen molar-refractivity contribution in [2.45, 2.75) is 81.6 Å². The van der Waals surface area contributed by atoms with Crippen molar-refractivity contribution < 1.29 is 38.3 Å². The lowest BCUT2D eigenvalue weighted by molar-refractivity contribution is -0.139. The molecule has 0 aromatic heterocycles. The van der Waals surface area contributed by atoms with E-state index in [9.17, 15) is 38.3 Å². The first-order valence-electron chi connectivity index (χ1n) is 17.5. The Morgan fingerprint density at radius 2 is 1.57 bits per heavy atom. The molecule has 0 saturated heterocycles. The van der Waals surface area contributed by atoms with Gasteiger partial charge in [0.25, 0.3) is 0 Å². The molecule has 5 amide bonds. The minimum absolute atomic E-state index is 0.0504. The van der Waals surface area contributed by atoms with Crippen LogP contribution in [0.2, 0.25) is 0 Å². The fraction of sp³-hybridized carbons (Fsp3) is 0.421. The lowest BCUT2D eigenvalue weighted by Gasteiger charge is -2.30. The van der Waals surface area contributed by atoms with Gasteiger partial charge in [-0.1, -0.05) is 54.6 Å². The number of halogens is 1. The van der Waals surface area contributed by atoms with E-state index in [1.807, 2.05) is 42.5 Å². The number of fused-ring (bicyclic) bond motifs is 1. The molecule has 15 heteroatoms. The van der Waals surface area contributed by atoms with Gasteiger partial charge in [-0.3, -0.25) is 24.0 Å². The van der Waals surface area contributed by atoms with Crippen molar-refractivity contribution in [2.75, 3.05) is 20.2 Å².